The predicted molar refractivity (Wildman–Crippen MR) is 54.2 cm³/mol. The lowest BCUT2D eigenvalue weighted by atomic mass is 10.4. The van der Waals surface area contributed by atoms with Gasteiger partial charge in [0.15, 0.2) is 5.69 Å². The average Bonchev–Trinajstić information content (AvgIpc) is 2.65. The number of aromatic amines is 1. The smallest absolute Gasteiger partial charge is 0.356 e. The third-order valence-electron chi connectivity index (χ3n) is 1.63. The Kier molecular flexibility index (Phi) is 2.82. The quantitative estimate of drug-likeness (QED) is 0.811. The van der Waals surface area contributed by atoms with E-state index >= 15 is 0 Å². The number of carbonyl (C=O) groups is 1. The van der Waals surface area contributed by atoms with Crippen LogP contribution in [0.1, 0.15) is 16.3 Å². The van der Waals surface area contributed by atoms with E-state index < -0.39 is 5.97 Å². The number of hydrogen-bond donors (Lipinski definition) is 2. The topological polar surface area (TPSA) is 105 Å². The van der Waals surface area contributed by atoms with Crippen molar-refractivity contribution in [2.75, 3.05) is 0 Å². The fourth-order valence-electron chi connectivity index (χ4n) is 0.950. The van der Waals surface area contributed by atoms with Crippen molar-refractivity contribution >= 4 is 17.7 Å². The number of nitrogens with zero attached hydrogens (tertiary/aromatic N) is 4. The SMILES string of the molecule is Cc1nc(Sc2ccc(C(=O)O)nn2)n[nH]1. The Morgan fingerprint density at radius 3 is 2.75 bits per heavy atom. The van der Waals surface area contributed by atoms with Crippen LogP contribution in [-0.4, -0.2) is 36.5 Å². The minimum atomic E-state index is -1.10. The molecule has 0 aliphatic carbocycles. The third-order valence-corrected chi connectivity index (χ3v) is 2.42. The van der Waals surface area contributed by atoms with Crippen LogP contribution in [0.15, 0.2) is 22.3 Å². The van der Waals surface area contributed by atoms with Crippen LogP contribution in [0.3, 0.4) is 0 Å². The van der Waals surface area contributed by atoms with Crippen LogP contribution in [0.4, 0.5) is 0 Å². The normalized spacial score (nSPS) is 10.3. The molecule has 0 radical (unpaired) electrons. The van der Waals surface area contributed by atoms with E-state index in [2.05, 4.69) is 25.4 Å². The zero-order chi connectivity index (χ0) is 11.5. The highest BCUT2D eigenvalue weighted by atomic mass is 32.2. The first-order valence-electron chi connectivity index (χ1n) is 4.29. The lowest BCUT2D eigenvalue weighted by molar-refractivity contribution is 0.0689. The van der Waals surface area contributed by atoms with Gasteiger partial charge in [0.25, 0.3) is 0 Å². The summed E-state index contributed by atoms with van der Waals surface area (Å²) in [6.07, 6.45) is 0. The largest absolute Gasteiger partial charge is 0.476 e. The van der Waals surface area contributed by atoms with E-state index in [-0.39, 0.29) is 5.69 Å². The first kappa shape index (κ1) is 10.6. The highest BCUT2D eigenvalue weighted by Crippen LogP contribution is 2.21. The second kappa shape index (κ2) is 4.27. The summed E-state index contributed by atoms with van der Waals surface area (Å²) in [6.45, 7) is 1.79. The zero-order valence-electron chi connectivity index (χ0n) is 8.21. The van der Waals surface area contributed by atoms with Crippen molar-refractivity contribution < 1.29 is 9.90 Å². The molecular weight excluding hydrogens is 230 g/mol. The van der Waals surface area contributed by atoms with E-state index in [1.54, 1.807) is 13.0 Å². The molecule has 0 bridgehead atoms. The maximum atomic E-state index is 10.5. The van der Waals surface area contributed by atoms with Gasteiger partial charge in [0.2, 0.25) is 5.16 Å². The maximum Gasteiger partial charge on any atom is 0.356 e. The minimum absolute atomic E-state index is 0.0875. The van der Waals surface area contributed by atoms with Gasteiger partial charge < -0.3 is 5.11 Å². The summed E-state index contributed by atoms with van der Waals surface area (Å²) in [5.74, 6) is -0.393. The molecule has 7 nitrogen and oxygen atoms in total. The highest BCUT2D eigenvalue weighted by Gasteiger charge is 2.07. The molecule has 0 aliphatic rings. The van der Waals surface area contributed by atoms with E-state index in [0.29, 0.717) is 16.0 Å². The number of carboxylic acid groups (broad SMARTS) is 1. The Morgan fingerprint density at radius 2 is 2.25 bits per heavy atom. The fraction of sp³-hybridized carbons (Fsp3) is 0.125. The van der Waals surface area contributed by atoms with Gasteiger partial charge in [0, 0.05) is 0 Å². The maximum absolute atomic E-state index is 10.5. The van der Waals surface area contributed by atoms with Crippen molar-refractivity contribution in [1.29, 1.82) is 0 Å². The van der Waals surface area contributed by atoms with Gasteiger partial charge in [0.1, 0.15) is 10.9 Å². The third kappa shape index (κ3) is 2.34. The first-order valence-corrected chi connectivity index (χ1v) is 5.10. The van der Waals surface area contributed by atoms with E-state index in [9.17, 15) is 4.79 Å². The van der Waals surface area contributed by atoms with Crippen LogP contribution in [0.5, 0.6) is 0 Å². The number of hydrogen-bond acceptors (Lipinski definition) is 6. The van der Waals surface area contributed by atoms with Gasteiger partial charge in [0.05, 0.1) is 0 Å². The molecule has 8 heteroatoms. The molecule has 0 atom stereocenters. The molecular formula is C8H7N5O2S. The fourth-order valence-corrected chi connectivity index (χ4v) is 1.63. The minimum Gasteiger partial charge on any atom is -0.476 e. The van der Waals surface area contributed by atoms with Crippen LogP contribution >= 0.6 is 11.8 Å². The first-order chi connectivity index (χ1) is 7.65. The molecule has 82 valence electrons. The van der Waals surface area contributed by atoms with Crippen LogP contribution < -0.4 is 0 Å². The number of aryl methyl sites for hydroxylation is 1. The van der Waals surface area contributed by atoms with Gasteiger partial charge in [-0.25, -0.2) is 9.78 Å². The molecule has 0 saturated heterocycles. The van der Waals surface area contributed by atoms with Gasteiger partial charge >= 0.3 is 5.97 Å². The van der Waals surface area contributed by atoms with Gasteiger partial charge in [-0.15, -0.1) is 15.3 Å². The Hall–Kier alpha value is -1.96. The molecule has 16 heavy (non-hydrogen) atoms. The number of rotatable bonds is 3. The molecule has 2 aromatic heterocycles. The Bertz CT molecular complexity index is 509. The summed E-state index contributed by atoms with van der Waals surface area (Å²) in [5.41, 5.74) is -0.0875. The van der Waals surface area contributed by atoms with Crippen molar-refractivity contribution in [1.82, 2.24) is 25.4 Å². The van der Waals surface area contributed by atoms with Gasteiger partial charge in [-0.3, -0.25) is 5.10 Å². The van der Waals surface area contributed by atoms with Crippen LogP contribution in [-0.2, 0) is 0 Å². The predicted octanol–water partition coefficient (Wildman–Crippen LogP) is 0.753. The number of carboxylic acids is 1. The average molecular weight is 237 g/mol. The van der Waals surface area contributed by atoms with Gasteiger partial charge in [-0.1, -0.05) is 0 Å². The molecule has 0 aromatic carbocycles. The van der Waals surface area contributed by atoms with Crippen LogP contribution in [0, 0.1) is 6.92 Å². The van der Waals surface area contributed by atoms with E-state index in [1.165, 1.54) is 17.8 Å². The molecule has 0 amide bonds. The molecule has 2 N–H and O–H groups in total. The van der Waals surface area contributed by atoms with E-state index in [1.807, 2.05) is 0 Å². The number of aromatic nitrogens is 5. The van der Waals surface area contributed by atoms with Crippen molar-refractivity contribution in [3.63, 3.8) is 0 Å². The summed E-state index contributed by atoms with van der Waals surface area (Å²) in [6, 6.07) is 2.95. The molecule has 2 rings (SSSR count). The number of H-pyrrole nitrogens is 1. The standard InChI is InChI=1S/C8H7N5O2S/c1-4-9-8(13-10-4)16-6-3-2-5(7(14)15)11-12-6/h2-3H,1H3,(H,14,15)(H,9,10,13). The monoisotopic (exact) mass is 237 g/mol. The van der Waals surface area contributed by atoms with Crippen LogP contribution in [0.2, 0.25) is 0 Å². The molecule has 0 fully saturated rings. The Labute approximate surface area is 94.3 Å². The summed E-state index contributed by atoms with van der Waals surface area (Å²) in [7, 11) is 0. The number of aromatic carboxylic acids is 1. The highest BCUT2D eigenvalue weighted by molar-refractivity contribution is 7.99. The molecule has 2 aromatic rings. The summed E-state index contributed by atoms with van der Waals surface area (Å²) < 4.78 is 0. The van der Waals surface area contributed by atoms with Crippen molar-refractivity contribution in [2.24, 2.45) is 0 Å². The molecule has 0 unspecified atom stereocenters. The van der Waals surface area contributed by atoms with Crippen molar-refractivity contribution in [3.8, 4) is 0 Å². The molecule has 2 heterocycles. The van der Waals surface area contributed by atoms with Gasteiger partial charge in [-0.2, -0.15) is 0 Å². The van der Waals surface area contributed by atoms with Crippen molar-refractivity contribution in [3.05, 3.63) is 23.7 Å². The number of nitrogens with one attached hydrogen (secondary N) is 1. The summed E-state index contributed by atoms with van der Waals surface area (Å²) in [5, 5.41) is 23.6. The Morgan fingerprint density at radius 1 is 1.44 bits per heavy atom. The summed E-state index contributed by atoms with van der Waals surface area (Å²) >= 11 is 1.21. The lowest BCUT2D eigenvalue weighted by Crippen LogP contribution is -2.01. The second-order valence-electron chi connectivity index (χ2n) is 2.87. The molecule has 0 saturated carbocycles. The second-order valence-corrected chi connectivity index (χ2v) is 3.85. The van der Waals surface area contributed by atoms with Crippen molar-refractivity contribution in [2.45, 2.75) is 17.1 Å². The lowest BCUT2D eigenvalue weighted by Gasteiger charge is -1.95. The molecule has 0 aliphatic heterocycles. The molecule has 0 spiro atoms. The van der Waals surface area contributed by atoms with E-state index in [0.717, 1.165) is 0 Å². The van der Waals surface area contributed by atoms with Crippen LogP contribution in [0.25, 0.3) is 0 Å². The Balaban J connectivity index is 2.14. The zero-order valence-corrected chi connectivity index (χ0v) is 9.02. The van der Waals surface area contributed by atoms with Gasteiger partial charge in [-0.05, 0) is 30.8 Å². The summed E-state index contributed by atoms with van der Waals surface area (Å²) in [4.78, 5) is 14.6. The van der Waals surface area contributed by atoms with E-state index in [4.69, 9.17) is 5.11 Å².